The first-order valence-electron chi connectivity index (χ1n) is 7.18. The highest BCUT2D eigenvalue weighted by Gasteiger charge is 2.29. The van der Waals surface area contributed by atoms with E-state index < -0.39 is 0 Å². The lowest BCUT2D eigenvalue weighted by molar-refractivity contribution is 0.332. The predicted octanol–water partition coefficient (Wildman–Crippen LogP) is 5.84. The molecule has 1 aromatic rings. The van der Waals surface area contributed by atoms with Gasteiger partial charge in [-0.2, -0.15) is 24.4 Å². The van der Waals surface area contributed by atoms with E-state index in [2.05, 4.69) is 24.8 Å². The van der Waals surface area contributed by atoms with Crippen molar-refractivity contribution in [3.05, 3.63) is 34.9 Å². The number of hydrogen-bond donors (Lipinski definition) is 1. The first-order valence-corrected chi connectivity index (χ1v) is 9.34. The van der Waals surface area contributed by atoms with E-state index >= 15 is 0 Å². The maximum absolute atomic E-state index is 6.21. The lowest BCUT2D eigenvalue weighted by Crippen LogP contribution is -2.25. The third-order valence-corrected chi connectivity index (χ3v) is 6.49. The molecule has 0 nitrogen and oxygen atoms in total. The Labute approximate surface area is 132 Å². The average molecular weight is 315 g/mol. The molecule has 0 radical (unpaired) electrons. The van der Waals surface area contributed by atoms with Crippen molar-refractivity contribution in [1.29, 1.82) is 0 Å². The van der Waals surface area contributed by atoms with Crippen LogP contribution in [-0.4, -0.2) is 11.5 Å². The molecular formula is C16H23ClS2. The molecule has 19 heavy (non-hydrogen) atoms. The summed E-state index contributed by atoms with van der Waals surface area (Å²) in [5, 5.41) is 0.899. The first kappa shape index (κ1) is 15.6. The third-order valence-electron chi connectivity index (χ3n) is 4.12. The van der Waals surface area contributed by atoms with E-state index in [1.165, 1.54) is 49.8 Å². The second kappa shape index (κ2) is 7.85. The average Bonchev–Trinajstić information content (AvgIpc) is 2.67. The minimum absolute atomic E-state index is 0.464. The lowest BCUT2D eigenvalue weighted by atomic mass is 9.84. The Morgan fingerprint density at radius 3 is 2.42 bits per heavy atom. The van der Waals surface area contributed by atoms with Crippen LogP contribution in [0.1, 0.15) is 44.1 Å². The van der Waals surface area contributed by atoms with Gasteiger partial charge in [0.25, 0.3) is 0 Å². The van der Waals surface area contributed by atoms with Crippen molar-refractivity contribution in [2.45, 2.75) is 44.3 Å². The number of rotatable bonds is 5. The molecule has 2 rings (SSSR count). The van der Waals surface area contributed by atoms with Gasteiger partial charge in [0.1, 0.15) is 0 Å². The second-order valence-corrected chi connectivity index (χ2v) is 7.37. The monoisotopic (exact) mass is 314 g/mol. The zero-order chi connectivity index (χ0) is 13.6. The maximum Gasteiger partial charge on any atom is 0.0446 e. The van der Waals surface area contributed by atoms with Crippen molar-refractivity contribution >= 4 is 36.0 Å². The normalized spacial score (nSPS) is 19.1. The minimum Gasteiger partial charge on any atom is -0.179 e. The molecule has 1 saturated carbocycles. The molecule has 0 unspecified atom stereocenters. The number of hydrogen-bond acceptors (Lipinski definition) is 2. The van der Waals surface area contributed by atoms with Crippen LogP contribution in [0.2, 0.25) is 5.02 Å². The van der Waals surface area contributed by atoms with E-state index in [1.54, 1.807) is 0 Å². The van der Waals surface area contributed by atoms with Crippen LogP contribution in [0.25, 0.3) is 0 Å². The largest absolute Gasteiger partial charge is 0.179 e. The molecule has 0 saturated heterocycles. The molecule has 106 valence electrons. The van der Waals surface area contributed by atoms with Gasteiger partial charge in [-0.3, -0.25) is 0 Å². The van der Waals surface area contributed by atoms with Crippen LogP contribution < -0.4 is 0 Å². The highest BCUT2D eigenvalue weighted by Crippen LogP contribution is 2.39. The van der Waals surface area contributed by atoms with Gasteiger partial charge in [-0.1, -0.05) is 55.5 Å². The van der Waals surface area contributed by atoms with Gasteiger partial charge in [-0.15, -0.1) is 0 Å². The number of thioether (sulfide) groups is 1. The SMILES string of the molecule is SCC1(CSCc2ccccc2Cl)CCCCCC1. The molecule has 1 fully saturated rings. The zero-order valence-corrected chi connectivity index (χ0v) is 13.9. The molecule has 0 aliphatic heterocycles. The van der Waals surface area contributed by atoms with Gasteiger partial charge in [-0.25, -0.2) is 0 Å². The van der Waals surface area contributed by atoms with E-state index in [0.717, 1.165) is 16.5 Å². The van der Waals surface area contributed by atoms with E-state index in [0.29, 0.717) is 5.41 Å². The molecule has 1 aromatic carbocycles. The van der Waals surface area contributed by atoms with Crippen molar-refractivity contribution < 1.29 is 0 Å². The summed E-state index contributed by atoms with van der Waals surface area (Å²) in [6.07, 6.45) is 8.29. The van der Waals surface area contributed by atoms with Crippen LogP contribution in [0.15, 0.2) is 24.3 Å². The summed E-state index contributed by atoms with van der Waals surface area (Å²) >= 11 is 12.9. The molecule has 0 aromatic heterocycles. The molecular weight excluding hydrogens is 292 g/mol. The van der Waals surface area contributed by atoms with E-state index in [9.17, 15) is 0 Å². The molecule has 0 spiro atoms. The fraction of sp³-hybridized carbons (Fsp3) is 0.625. The molecule has 3 heteroatoms. The van der Waals surface area contributed by atoms with Crippen LogP contribution in [0.5, 0.6) is 0 Å². The van der Waals surface area contributed by atoms with Crippen molar-refractivity contribution in [3.8, 4) is 0 Å². The molecule has 0 amide bonds. The van der Waals surface area contributed by atoms with Gasteiger partial charge in [0.15, 0.2) is 0 Å². The molecule has 1 aliphatic rings. The van der Waals surface area contributed by atoms with Gasteiger partial charge in [0.05, 0.1) is 0 Å². The van der Waals surface area contributed by atoms with Crippen LogP contribution in [0.3, 0.4) is 0 Å². The molecule has 1 aliphatic carbocycles. The molecule has 0 bridgehead atoms. The van der Waals surface area contributed by atoms with E-state index in [4.69, 9.17) is 11.6 Å². The lowest BCUT2D eigenvalue weighted by Gasteiger charge is -2.30. The van der Waals surface area contributed by atoms with Crippen molar-refractivity contribution in [2.75, 3.05) is 11.5 Å². The number of thiol groups is 1. The topological polar surface area (TPSA) is 0 Å². The van der Waals surface area contributed by atoms with Crippen LogP contribution in [-0.2, 0) is 5.75 Å². The van der Waals surface area contributed by atoms with E-state index in [1.807, 2.05) is 23.9 Å². The van der Waals surface area contributed by atoms with Crippen LogP contribution in [0, 0.1) is 5.41 Å². The quantitative estimate of drug-likeness (QED) is 0.526. The van der Waals surface area contributed by atoms with Gasteiger partial charge in [-0.05, 0) is 35.6 Å². The van der Waals surface area contributed by atoms with Crippen molar-refractivity contribution in [3.63, 3.8) is 0 Å². The van der Waals surface area contributed by atoms with Crippen molar-refractivity contribution in [2.24, 2.45) is 5.41 Å². The summed E-state index contributed by atoms with van der Waals surface area (Å²) in [5.41, 5.74) is 1.73. The Balaban J connectivity index is 1.87. The van der Waals surface area contributed by atoms with Crippen molar-refractivity contribution in [1.82, 2.24) is 0 Å². The van der Waals surface area contributed by atoms with Gasteiger partial charge in [0.2, 0.25) is 0 Å². The van der Waals surface area contributed by atoms with E-state index in [-0.39, 0.29) is 0 Å². The Morgan fingerprint density at radius 1 is 1.11 bits per heavy atom. The highest BCUT2D eigenvalue weighted by molar-refractivity contribution is 7.98. The van der Waals surface area contributed by atoms with Gasteiger partial charge < -0.3 is 0 Å². The summed E-state index contributed by atoms with van der Waals surface area (Å²) in [4.78, 5) is 0. The first-order chi connectivity index (χ1) is 9.26. The number of benzene rings is 1. The third kappa shape index (κ3) is 4.61. The highest BCUT2D eigenvalue weighted by atomic mass is 35.5. The van der Waals surface area contributed by atoms with Crippen LogP contribution >= 0.6 is 36.0 Å². The Hall–Kier alpha value is 0.210. The zero-order valence-electron chi connectivity index (χ0n) is 11.4. The predicted molar refractivity (Wildman–Crippen MR) is 91.6 cm³/mol. The standard InChI is InChI=1S/C16H23ClS2/c17-15-8-4-3-7-14(15)11-19-13-16(12-18)9-5-1-2-6-10-16/h3-4,7-8,18H,1-2,5-6,9-13H2. The van der Waals surface area contributed by atoms with Crippen LogP contribution in [0.4, 0.5) is 0 Å². The Morgan fingerprint density at radius 2 is 1.79 bits per heavy atom. The summed E-state index contributed by atoms with van der Waals surface area (Å²) < 4.78 is 0. The summed E-state index contributed by atoms with van der Waals surface area (Å²) in [6, 6.07) is 8.19. The fourth-order valence-corrected chi connectivity index (χ4v) is 5.08. The molecule has 0 atom stereocenters. The maximum atomic E-state index is 6.21. The minimum atomic E-state index is 0.464. The second-order valence-electron chi connectivity index (χ2n) is 5.66. The summed E-state index contributed by atoms with van der Waals surface area (Å²) in [5.74, 6) is 3.28. The van der Waals surface area contributed by atoms with Gasteiger partial charge in [0, 0.05) is 16.5 Å². The molecule has 0 N–H and O–H groups in total. The van der Waals surface area contributed by atoms with Gasteiger partial charge >= 0.3 is 0 Å². The summed E-state index contributed by atoms with van der Waals surface area (Å²) in [6.45, 7) is 0. The molecule has 0 heterocycles. The summed E-state index contributed by atoms with van der Waals surface area (Å²) in [7, 11) is 0. The fourth-order valence-electron chi connectivity index (χ4n) is 2.82. The number of halogens is 1. The smallest absolute Gasteiger partial charge is 0.0446 e. The Kier molecular flexibility index (Phi) is 6.44. The Bertz CT molecular complexity index is 384.